The van der Waals surface area contributed by atoms with Gasteiger partial charge in [-0.15, -0.1) is 0 Å². The van der Waals surface area contributed by atoms with Gasteiger partial charge in [-0.2, -0.15) is 5.10 Å². The maximum Gasteiger partial charge on any atom is 0.0568 e. The predicted molar refractivity (Wildman–Crippen MR) is 75.7 cm³/mol. The molecule has 1 N–H and O–H groups in total. The van der Waals surface area contributed by atoms with Crippen molar-refractivity contribution in [1.29, 1.82) is 0 Å². The monoisotopic (exact) mass is 263 g/mol. The highest BCUT2D eigenvalue weighted by atomic mass is 35.5. The average molecular weight is 264 g/mol. The third-order valence-electron chi connectivity index (χ3n) is 3.02. The normalized spacial score (nSPS) is 12.7. The molecule has 2 aromatic rings. The molecule has 1 aromatic heterocycles. The van der Waals surface area contributed by atoms with E-state index in [1.807, 2.05) is 25.5 Å². The van der Waals surface area contributed by atoms with E-state index in [2.05, 4.69) is 36.4 Å². The van der Waals surface area contributed by atoms with E-state index in [0.717, 1.165) is 28.3 Å². The summed E-state index contributed by atoms with van der Waals surface area (Å²) in [6.45, 7) is 5.14. The SMILES string of the molecule is CCNC(C)c1ccc(-c2cnn(C)c2)cc1Cl. The van der Waals surface area contributed by atoms with Crippen molar-refractivity contribution in [2.24, 2.45) is 7.05 Å². The molecule has 0 aliphatic rings. The molecule has 1 unspecified atom stereocenters. The van der Waals surface area contributed by atoms with Crippen LogP contribution in [0.5, 0.6) is 0 Å². The fraction of sp³-hybridized carbons (Fsp3) is 0.357. The Bertz CT molecular complexity index is 534. The first kappa shape index (κ1) is 13.1. The van der Waals surface area contributed by atoms with Gasteiger partial charge in [0.1, 0.15) is 0 Å². The molecule has 18 heavy (non-hydrogen) atoms. The molecular formula is C14H18ClN3. The Hall–Kier alpha value is -1.32. The van der Waals surface area contributed by atoms with Gasteiger partial charge < -0.3 is 5.32 Å². The maximum absolute atomic E-state index is 6.35. The van der Waals surface area contributed by atoms with E-state index in [4.69, 9.17) is 11.6 Å². The summed E-state index contributed by atoms with van der Waals surface area (Å²) in [5.74, 6) is 0. The van der Waals surface area contributed by atoms with Crippen molar-refractivity contribution in [2.75, 3.05) is 6.54 Å². The summed E-state index contributed by atoms with van der Waals surface area (Å²) in [4.78, 5) is 0. The van der Waals surface area contributed by atoms with Gasteiger partial charge in [-0.25, -0.2) is 0 Å². The Kier molecular flexibility index (Phi) is 4.04. The molecule has 2 rings (SSSR count). The molecule has 0 aliphatic heterocycles. The lowest BCUT2D eigenvalue weighted by atomic mass is 10.0. The Morgan fingerprint density at radius 1 is 1.39 bits per heavy atom. The number of aryl methyl sites for hydroxylation is 1. The summed E-state index contributed by atoms with van der Waals surface area (Å²) in [5, 5.41) is 8.33. The second-order valence-electron chi connectivity index (χ2n) is 4.42. The molecule has 0 aliphatic carbocycles. The van der Waals surface area contributed by atoms with E-state index in [1.54, 1.807) is 4.68 Å². The smallest absolute Gasteiger partial charge is 0.0568 e. The topological polar surface area (TPSA) is 29.9 Å². The van der Waals surface area contributed by atoms with E-state index in [9.17, 15) is 0 Å². The zero-order valence-electron chi connectivity index (χ0n) is 10.9. The average Bonchev–Trinajstić information content (AvgIpc) is 2.76. The van der Waals surface area contributed by atoms with Crippen molar-refractivity contribution >= 4 is 11.6 Å². The molecule has 3 nitrogen and oxygen atoms in total. The quantitative estimate of drug-likeness (QED) is 0.916. The van der Waals surface area contributed by atoms with Crippen LogP contribution in [0.2, 0.25) is 5.02 Å². The second kappa shape index (κ2) is 5.55. The van der Waals surface area contributed by atoms with Crippen molar-refractivity contribution in [3.8, 4) is 11.1 Å². The van der Waals surface area contributed by atoms with Gasteiger partial charge in [0.2, 0.25) is 0 Å². The van der Waals surface area contributed by atoms with Crippen molar-refractivity contribution in [3.05, 3.63) is 41.2 Å². The molecule has 1 aromatic carbocycles. The fourth-order valence-corrected chi connectivity index (χ4v) is 2.39. The predicted octanol–water partition coefficient (Wildman–Crippen LogP) is 3.41. The van der Waals surface area contributed by atoms with Gasteiger partial charge in [-0.3, -0.25) is 4.68 Å². The summed E-state index contributed by atoms with van der Waals surface area (Å²) in [6, 6.07) is 6.44. The zero-order chi connectivity index (χ0) is 13.1. The first-order chi connectivity index (χ1) is 8.61. The first-order valence-electron chi connectivity index (χ1n) is 6.13. The van der Waals surface area contributed by atoms with E-state index in [0.29, 0.717) is 0 Å². The molecule has 0 saturated carbocycles. The third-order valence-corrected chi connectivity index (χ3v) is 3.34. The van der Waals surface area contributed by atoms with Crippen molar-refractivity contribution < 1.29 is 0 Å². The van der Waals surface area contributed by atoms with E-state index in [-0.39, 0.29) is 6.04 Å². The Balaban J connectivity index is 2.30. The molecule has 1 atom stereocenters. The van der Waals surface area contributed by atoms with Crippen LogP contribution in [-0.2, 0) is 7.05 Å². The zero-order valence-corrected chi connectivity index (χ0v) is 11.7. The summed E-state index contributed by atoms with van der Waals surface area (Å²) in [6.07, 6.45) is 3.83. The lowest BCUT2D eigenvalue weighted by Gasteiger charge is -2.15. The third kappa shape index (κ3) is 2.74. The van der Waals surface area contributed by atoms with Gasteiger partial charge in [0.25, 0.3) is 0 Å². The molecule has 96 valence electrons. The van der Waals surface area contributed by atoms with Crippen LogP contribution in [0.25, 0.3) is 11.1 Å². The van der Waals surface area contributed by atoms with Crippen LogP contribution in [0.15, 0.2) is 30.6 Å². The highest BCUT2D eigenvalue weighted by Crippen LogP contribution is 2.28. The van der Waals surface area contributed by atoms with Gasteiger partial charge in [-0.1, -0.05) is 30.7 Å². The number of hydrogen-bond acceptors (Lipinski definition) is 2. The van der Waals surface area contributed by atoms with Crippen LogP contribution in [0, 0.1) is 0 Å². The molecule has 0 saturated heterocycles. The Morgan fingerprint density at radius 2 is 2.17 bits per heavy atom. The number of hydrogen-bond donors (Lipinski definition) is 1. The second-order valence-corrected chi connectivity index (χ2v) is 4.83. The Morgan fingerprint density at radius 3 is 2.72 bits per heavy atom. The fourth-order valence-electron chi connectivity index (χ4n) is 2.04. The minimum atomic E-state index is 0.269. The molecule has 0 fully saturated rings. The van der Waals surface area contributed by atoms with Crippen LogP contribution in [0.3, 0.4) is 0 Å². The van der Waals surface area contributed by atoms with Gasteiger partial charge >= 0.3 is 0 Å². The summed E-state index contributed by atoms with van der Waals surface area (Å²) in [5.41, 5.74) is 3.31. The summed E-state index contributed by atoms with van der Waals surface area (Å²) < 4.78 is 1.79. The molecule has 0 amide bonds. The lowest BCUT2D eigenvalue weighted by molar-refractivity contribution is 0.598. The number of rotatable bonds is 4. The molecule has 1 heterocycles. The minimum absolute atomic E-state index is 0.269. The van der Waals surface area contributed by atoms with Crippen LogP contribution in [0.4, 0.5) is 0 Å². The van der Waals surface area contributed by atoms with Crippen LogP contribution in [-0.4, -0.2) is 16.3 Å². The van der Waals surface area contributed by atoms with E-state index < -0.39 is 0 Å². The molecule has 0 bridgehead atoms. The number of halogens is 1. The van der Waals surface area contributed by atoms with Crippen molar-refractivity contribution in [1.82, 2.24) is 15.1 Å². The van der Waals surface area contributed by atoms with E-state index >= 15 is 0 Å². The number of nitrogens with one attached hydrogen (secondary N) is 1. The first-order valence-corrected chi connectivity index (χ1v) is 6.51. The number of benzene rings is 1. The molecule has 4 heteroatoms. The van der Waals surface area contributed by atoms with Gasteiger partial charge in [0.05, 0.1) is 6.20 Å². The number of nitrogens with zero attached hydrogens (tertiary/aromatic N) is 2. The van der Waals surface area contributed by atoms with Crippen LogP contribution < -0.4 is 5.32 Å². The summed E-state index contributed by atoms with van der Waals surface area (Å²) >= 11 is 6.35. The van der Waals surface area contributed by atoms with Gasteiger partial charge in [0, 0.05) is 29.9 Å². The molecule has 0 radical (unpaired) electrons. The summed E-state index contributed by atoms with van der Waals surface area (Å²) in [7, 11) is 1.91. The minimum Gasteiger partial charge on any atom is -0.310 e. The van der Waals surface area contributed by atoms with E-state index in [1.165, 1.54) is 0 Å². The highest BCUT2D eigenvalue weighted by Gasteiger charge is 2.10. The lowest BCUT2D eigenvalue weighted by Crippen LogP contribution is -2.17. The number of aromatic nitrogens is 2. The molecular weight excluding hydrogens is 246 g/mol. The molecule has 0 spiro atoms. The van der Waals surface area contributed by atoms with Crippen LogP contribution in [0.1, 0.15) is 25.5 Å². The largest absolute Gasteiger partial charge is 0.310 e. The maximum atomic E-state index is 6.35. The van der Waals surface area contributed by atoms with Gasteiger partial charge in [0.15, 0.2) is 0 Å². The standard InChI is InChI=1S/C14H18ClN3/c1-4-16-10(2)13-6-5-11(7-14(13)15)12-8-17-18(3)9-12/h5-10,16H,4H2,1-3H3. The highest BCUT2D eigenvalue weighted by molar-refractivity contribution is 6.31. The van der Waals surface area contributed by atoms with Crippen molar-refractivity contribution in [3.63, 3.8) is 0 Å². The van der Waals surface area contributed by atoms with Crippen molar-refractivity contribution in [2.45, 2.75) is 19.9 Å². The Labute approximate surface area is 113 Å². The van der Waals surface area contributed by atoms with Crippen LogP contribution >= 0.6 is 11.6 Å². The van der Waals surface area contributed by atoms with Gasteiger partial charge in [-0.05, 0) is 30.7 Å².